The molecule has 0 fully saturated rings. The average molecular weight is 323 g/mol. The van der Waals surface area contributed by atoms with E-state index in [2.05, 4.69) is 20.9 Å². The maximum absolute atomic E-state index is 13.1. The third kappa shape index (κ3) is 2.00. The standard InChI is InChI=1S/C13H8BrFN2S/c14-8-2-4-12-11(6-8)17-13(18-12)7-1-3-9(15)10(16)5-7/h1-6H,16H2. The molecule has 0 aliphatic rings. The summed E-state index contributed by atoms with van der Waals surface area (Å²) in [6.45, 7) is 0. The van der Waals surface area contributed by atoms with Gasteiger partial charge in [-0.2, -0.15) is 0 Å². The van der Waals surface area contributed by atoms with E-state index >= 15 is 0 Å². The summed E-state index contributed by atoms with van der Waals surface area (Å²) in [6, 6.07) is 10.6. The summed E-state index contributed by atoms with van der Waals surface area (Å²) in [7, 11) is 0. The Morgan fingerprint density at radius 1 is 1.17 bits per heavy atom. The molecule has 3 aromatic rings. The van der Waals surface area contributed by atoms with Gasteiger partial charge in [0.05, 0.1) is 15.9 Å². The second kappa shape index (κ2) is 4.33. The average Bonchev–Trinajstić information content (AvgIpc) is 2.75. The summed E-state index contributed by atoms with van der Waals surface area (Å²) in [5, 5.41) is 0.842. The van der Waals surface area contributed by atoms with Crippen molar-refractivity contribution in [3.8, 4) is 10.6 Å². The second-order valence-electron chi connectivity index (χ2n) is 3.87. The SMILES string of the molecule is Nc1cc(-c2nc3cc(Br)ccc3s2)ccc1F. The third-order valence-corrected chi connectivity index (χ3v) is 4.17. The van der Waals surface area contributed by atoms with E-state index in [0.717, 1.165) is 25.3 Å². The first-order valence-electron chi connectivity index (χ1n) is 5.25. The van der Waals surface area contributed by atoms with Crippen LogP contribution in [-0.2, 0) is 0 Å². The number of halogens is 2. The van der Waals surface area contributed by atoms with Gasteiger partial charge in [0.2, 0.25) is 0 Å². The molecule has 0 amide bonds. The molecule has 0 saturated heterocycles. The minimum Gasteiger partial charge on any atom is -0.396 e. The molecule has 2 nitrogen and oxygen atoms in total. The van der Waals surface area contributed by atoms with Crippen LogP contribution in [0.15, 0.2) is 40.9 Å². The van der Waals surface area contributed by atoms with Crippen LogP contribution in [0.3, 0.4) is 0 Å². The minimum absolute atomic E-state index is 0.146. The van der Waals surface area contributed by atoms with Crippen LogP contribution in [0.5, 0.6) is 0 Å². The molecular weight excluding hydrogens is 315 g/mol. The molecule has 1 aromatic heterocycles. The molecule has 0 unspecified atom stereocenters. The first kappa shape index (κ1) is 11.6. The third-order valence-electron chi connectivity index (χ3n) is 2.59. The summed E-state index contributed by atoms with van der Waals surface area (Å²) in [5.74, 6) is -0.400. The lowest BCUT2D eigenvalue weighted by atomic mass is 10.2. The molecule has 0 radical (unpaired) electrons. The fourth-order valence-corrected chi connectivity index (χ4v) is 2.99. The fraction of sp³-hybridized carbons (Fsp3) is 0. The predicted octanol–water partition coefficient (Wildman–Crippen LogP) is 4.45. The highest BCUT2D eigenvalue weighted by Gasteiger charge is 2.08. The van der Waals surface area contributed by atoms with Gasteiger partial charge in [-0.15, -0.1) is 11.3 Å². The molecule has 0 atom stereocenters. The van der Waals surface area contributed by atoms with Gasteiger partial charge in [-0.3, -0.25) is 0 Å². The maximum atomic E-state index is 13.1. The zero-order valence-electron chi connectivity index (χ0n) is 9.15. The number of fused-ring (bicyclic) bond motifs is 1. The number of hydrogen-bond donors (Lipinski definition) is 1. The molecule has 90 valence electrons. The summed E-state index contributed by atoms with van der Waals surface area (Å²) in [6.07, 6.45) is 0. The first-order chi connectivity index (χ1) is 8.63. The predicted molar refractivity (Wildman–Crippen MR) is 77.1 cm³/mol. The number of rotatable bonds is 1. The van der Waals surface area contributed by atoms with E-state index in [1.165, 1.54) is 6.07 Å². The largest absolute Gasteiger partial charge is 0.396 e. The molecule has 0 bridgehead atoms. The lowest BCUT2D eigenvalue weighted by molar-refractivity contribution is 0.632. The van der Waals surface area contributed by atoms with Crippen molar-refractivity contribution < 1.29 is 4.39 Å². The topological polar surface area (TPSA) is 38.9 Å². The zero-order valence-corrected chi connectivity index (χ0v) is 11.6. The van der Waals surface area contributed by atoms with Gasteiger partial charge in [0.1, 0.15) is 10.8 Å². The quantitative estimate of drug-likeness (QED) is 0.672. The number of hydrogen-bond acceptors (Lipinski definition) is 3. The smallest absolute Gasteiger partial charge is 0.146 e. The molecule has 3 rings (SSSR count). The Morgan fingerprint density at radius 2 is 2.00 bits per heavy atom. The van der Waals surface area contributed by atoms with E-state index < -0.39 is 5.82 Å². The Bertz CT molecular complexity index is 739. The number of nitrogens with two attached hydrogens (primary N) is 1. The van der Waals surface area contributed by atoms with Gasteiger partial charge in [0, 0.05) is 10.0 Å². The van der Waals surface area contributed by atoms with E-state index in [1.54, 1.807) is 23.5 Å². The molecule has 5 heteroatoms. The fourth-order valence-electron chi connectivity index (χ4n) is 1.70. The number of benzene rings is 2. The van der Waals surface area contributed by atoms with Crippen molar-refractivity contribution in [3.05, 3.63) is 46.7 Å². The van der Waals surface area contributed by atoms with Gasteiger partial charge in [0.15, 0.2) is 0 Å². The van der Waals surface area contributed by atoms with Crippen molar-refractivity contribution in [1.29, 1.82) is 0 Å². The van der Waals surface area contributed by atoms with Crippen LogP contribution >= 0.6 is 27.3 Å². The monoisotopic (exact) mass is 322 g/mol. The molecule has 0 aliphatic carbocycles. The van der Waals surface area contributed by atoms with Crippen molar-refractivity contribution in [2.75, 3.05) is 5.73 Å². The Morgan fingerprint density at radius 3 is 2.78 bits per heavy atom. The molecule has 2 N–H and O–H groups in total. The highest BCUT2D eigenvalue weighted by Crippen LogP contribution is 2.32. The first-order valence-corrected chi connectivity index (χ1v) is 6.86. The second-order valence-corrected chi connectivity index (χ2v) is 5.81. The van der Waals surface area contributed by atoms with Crippen LogP contribution in [0, 0.1) is 5.82 Å². The summed E-state index contributed by atoms with van der Waals surface area (Å²) >= 11 is 4.98. The van der Waals surface area contributed by atoms with Gasteiger partial charge in [-0.25, -0.2) is 9.37 Å². The number of nitrogen functional groups attached to an aromatic ring is 1. The Labute approximate surface area is 115 Å². The number of anilines is 1. The van der Waals surface area contributed by atoms with Gasteiger partial charge in [0.25, 0.3) is 0 Å². The Balaban J connectivity index is 2.16. The van der Waals surface area contributed by atoms with Crippen molar-refractivity contribution in [2.45, 2.75) is 0 Å². The van der Waals surface area contributed by atoms with E-state index in [1.807, 2.05) is 18.2 Å². The van der Waals surface area contributed by atoms with E-state index in [-0.39, 0.29) is 5.69 Å². The zero-order chi connectivity index (χ0) is 12.7. The van der Waals surface area contributed by atoms with Gasteiger partial charge < -0.3 is 5.73 Å². The normalized spacial score (nSPS) is 11.0. The summed E-state index contributed by atoms with van der Waals surface area (Å²) < 4.78 is 15.2. The van der Waals surface area contributed by atoms with Crippen LogP contribution in [0.25, 0.3) is 20.8 Å². The number of thiazole rings is 1. The molecule has 18 heavy (non-hydrogen) atoms. The summed E-state index contributed by atoms with van der Waals surface area (Å²) in [4.78, 5) is 4.53. The van der Waals surface area contributed by atoms with E-state index in [9.17, 15) is 4.39 Å². The van der Waals surface area contributed by atoms with Crippen LogP contribution in [0.1, 0.15) is 0 Å². The van der Waals surface area contributed by atoms with E-state index in [4.69, 9.17) is 5.73 Å². The minimum atomic E-state index is -0.400. The highest BCUT2D eigenvalue weighted by atomic mass is 79.9. The molecule has 0 aliphatic heterocycles. The van der Waals surface area contributed by atoms with Gasteiger partial charge >= 0.3 is 0 Å². The van der Waals surface area contributed by atoms with Crippen LogP contribution in [0.4, 0.5) is 10.1 Å². The number of aromatic nitrogens is 1. The van der Waals surface area contributed by atoms with Crippen molar-refractivity contribution in [2.24, 2.45) is 0 Å². The lowest BCUT2D eigenvalue weighted by Gasteiger charge is -1.99. The lowest BCUT2D eigenvalue weighted by Crippen LogP contribution is -1.90. The van der Waals surface area contributed by atoms with Crippen molar-refractivity contribution >= 4 is 43.2 Å². The van der Waals surface area contributed by atoms with Gasteiger partial charge in [-0.1, -0.05) is 15.9 Å². The molecule has 0 spiro atoms. The van der Waals surface area contributed by atoms with Crippen molar-refractivity contribution in [1.82, 2.24) is 4.98 Å². The Kier molecular flexibility index (Phi) is 2.80. The number of nitrogens with zero attached hydrogens (tertiary/aromatic N) is 1. The summed E-state index contributed by atoms with van der Waals surface area (Å²) in [5.41, 5.74) is 7.48. The molecular formula is C13H8BrFN2S. The van der Waals surface area contributed by atoms with Crippen LogP contribution in [0.2, 0.25) is 0 Å². The van der Waals surface area contributed by atoms with E-state index in [0.29, 0.717) is 0 Å². The van der Waals surface area contributed by atoms with Gasteiger partial charge in [-0.05, 0) is 36.4 Å². The maximum Gasteiger partial charge on any atom is 0.146 e. The molecule has 2 aromatic carbocycles. The highest BCUT2D eigenvalue weighted by molar-refractivity contribution is 9.10. The Hall–Kier alpha value is -1.46. The van der Waals surface area contributed by atoms with Crippen LogP contribution in [-0.4, -0.2) is 4.98 Å². The molecule has 1 heterocycles. The molecule has 0 saturated carbocycles. The van der Waals surface area contributed by atoms with Crippen molar-refractivity contribution in [3.63, 3.8) is 0 Å². The van der Waals surface area contributed by atoms with Crippen LogP contribution < -0.4 is 5.73 Å².